The molecule has 140 valence electrons. The van der Waals surface area contributed by atoms with E-state index in [2.05, 4.69) is 29.6 Å². The molecule has 0 aliphatic heterocycles. The van der Waals surface area contributed by atoms with Crippen molar-refractivity contribution in [3.05, 3.63) is 101 Å². The van der Waals surface area contributed by atoms with Crippen molar-refractivity contribution in [3.8, 4) is 11.8 Å². The van der Waals surface area contributed by atoms with Crippen LogP contribution in [0.25, 0.3) is 22.5 Å². The lowest BCUT2D eigenvalue weighted by atomic mass is 10.1. The summed E-state index contributed by atoms with van der Waals surface area (Å²) in [6.07, 6.45) is 3.48. The molecular formula is C24H16ClN3O. The van der Waals surface area contributed by atoms with E-state index in [9.17, 15) is 10.1 Å². The van der Waals surface area contributed by atoms with Crippen LogP contribution in [-0.2, 0) is 4.79 Å². The van der Waals surface area contributed by atoms with Gasteiger partial charge in [0.25, 0.3) is 5.91 Å². The Hall–Kier alpha value is -3.81. The predicted molar refractivity (Wildman–Crippen MR) is 117 cm³/mol. The van der Waals surface area contributed by atoms with Gasteiger partial charge in [0, 0.05) is 28.3 Å². The number of aromatic nitrogens is 1. The Balaban J connectivity index is 1.66. The van der Waals surface area contributed by atoms with E-state index in [-0.39, 0.29) is 5.57 Å². The van der Waals surface area contributed by atoms with Crippen molar-refractivity contribution in [1.29, 1.82) is 5.26 Å². The number of carbonyl (C=O) groups excluding carboxylic acids is 1. The molecule has 3 aromatic carbocycles. The zero-order valence-corrected chi connectivity index (χ0v) is 16.1. The Morgan fingerprint density at radius 1 is 0.966 bits per heavy atom. The van der Waals surface area contributed by atoms with Gasteiger partial charge < -0.3 is 9.88 Å². The Morgan fingerprint density at radius 3 is 2.59 bits per heavy atom. The zero-order chi connectivity index (χ0) is 20.2. The topological polar surface area (TPSA) is 57.8 Å². The summed E-state index contributed by atoms with van der Waals surface area (Å²) in [5.74, 6) is -0.485. The number of hydrogen-bond donors (Lipinski definition) is 1. The number of nitriles is 1. The molecule has 0 spiro atoms. The molecule has 5 heteroatoms. The molecule has 0 atom stereocenters. The van der Waals surface area contributed by atoms with Crippen molar-refractivity contribution in [2.45, 2.75) is 0 Å². The molecule has 0 aliphatic rings. The molecule has 29 heavy (non-hydrogen) atoms. The number of halogens is 1. The highest BCUT2D eigenvalue weighted by atomic mass is 35.5. The van der Waals surface area contributed by atoms with Crippen LogP contribution in [0.5, 0.6) is 0 Å². The first-order valence-corrected chi connectivity index (χ1v) is 9.37. The average molecular weight is 398 g/mol. The summed E-state index contributed by atoms with van der Waals surface area (Å²) in [5, 5.41) is 15.0. The number of hydrogen-bond acceptors (Lipinski definition) is 2. The van der Waals surface area contributed by atoms with Crippen LogP contribution in [0.2, 0.25) is 5.02 Å². The van der Waals surface area contributed by atoms with Crippen LogP contribution in [0.15, 0.2) is 90.6 Å². The van der Waals surface area contributed by atoms with Crippen LogP contribution in [-0.4, -0.2) is 10.5 Å². The summed E-state index contributed by atoms with van der Waals surface area (Å²) in [6, 6.07) is 26.8. The van der Waals surface area contributed by atoms with Gasteiger partial charge in [0.15, 0.2) is 0 Å². The number of carbonyl (C=O) groups is 1. The maximum atomic E-state index is 12.5. The normalized spacial score (nSPS) is 11.2. The van der Waals surface area contributed by atoms with Gasteiger partial charge >= 0.3 is 0 Å². The molecule has 4 rings (SSSR count). The summed E-state index contributed by atoms with van der Waals surface area (Å²) >= 11 is 5.95. The number of amides is 1. The van der Waals surface area contributed by atoms with Gasteiger partial charge in [-0.3, -0.25) is 4.79 Å². The van der Waals surface area contributed by atoms with Gasteiger partial charge in [-0.05, 0) is 59.3 Å². The molecule has 4 nitrogen and oxygen atoms in total. The standard InChI is InChI=1S/C24H16ClN3O/c25-20-7-3-8-21(15-20)27-24(29)19(16-26)14-22-9-4-12-28(22)23-11-10-17-5-1-2-6-18(17)13-23/h1-15H,(H,27,29)/b19-14-. The fourth-order valence-electron chi connectivity index (χ4n) is 3.13. The summed E-state index contributed by atoms with van der Waals surface area (Å²) in [6.45, 7) is 0. The summed E-state index contributed by atoms with van der Waals surface area (Å²) in [5.41, 5.74) is 2.23. The second-order valence-electron chi connectivity index (χ2n) is 6.47. The van der Waals surface area contributed by atoms with Crippen molar-refractivity contribution in [3.63, 3.8) is 0 Å². The number of benzene rings is 3. The monoisotopic (exact) mass is 397 g/mol. The minimum Gasteiger partial charge on any atom is -0.321 e. The summed E-state index contributed by atoms with van der Waals surface area (Å²) in [4.78, 5) is 12.5. The lowest BCUT2D eigenvalue weighted by Crippen LogP contribution is -2.13. The summed E-state index contributed by atoms with van der Waals surface area (Å²) in [7, 11) is 0. The van der Waals surface area contributed by atoms with E-state index < -0.39 is 5.91 Å². The van der Waals surface area contributed by atoms with Crippen LogP contribution in [0.4, 0.5) is 5.69 Å². The number of rotatable bonds is 4. The molecule has 4 aromatic rings. The molecule has 1 N–H and O–H groups in total. The van der Waals surface area contributed by atoms with E-state index >= 15 is 0 Å². The van der Waals surface area contributed by atoms with Crippen molar-refractivity contribution >= 4 is 40.0 Å². The minimum absolute atomic E-state index is 0.00529. The highest BCUT2D eigenvalue weighted by molar-refractivity contribution is 6.31. The smallest absolute Gasteiger partial charge is 0.266 e. The van der Waals surface area contributed by atoms with E-state index in [1.165, 1.54) is 0 Å². The van der Waals surface area contributed by atoms with Gasteiger partial charge in [-0.25, -0.2) is 0 Å². The maximum Gasteiger partial charge on any atom is 0.266 e. The van der Waals surface area contributed by atoms with Gasteiger partial charge in [-0.2, -0.15) is 5.26 Å². The van der Waals surface area contributed by atoms with Crippen molar-refractivity contribution in [2.24, 2.45) is 0 Å². The van der Waals surface area contributed by atoms with E-state index in [4.69, 9.17) is 11.6 Å². The lowest BCUT2D eigenvalue weighted by Gasteiger charge is -2.09. The molecule has 0 saturated heterocycles. The molecule has 0 aliphatic carbocycles. The quantitative estimate of drug-likeness (QED) is 0.348. The fraction of sp³-hybridized carbons (Fsp3) is 0. The molecular weight excluding hydrogens is 382 g/mol. The van der Waals surface area contributed by atoms with Gasteiger partial charge in [0.1, 0.15) is 11.6 Å². The van der Waals surface area contributed by atoms with Crippen LogP contribution in [0.1, 0.15) is 5.69 Å². The van der Waals surface area contributed by atoms with Gasteiger partial charge in [0.2, 0.25) is 0 Å². The average Bonchev–Trinajstić information content (AvgIpc) is 3.20. The van der Waals surface area contributed by atoms with Crippen molar-refractivity contribution in [1.82, 2.24) is 4.57 Å². The molecule has 0 radical (unpaired) electrons. The number of anilines is 1. The Bertz CT molecular complexity index is 1280. The predicted octanol–water partition coefficient (Wildman–Crippen LogP) is 5.83. The largest absolute Gasteiger partial charge is 0.321 e. The van der Waals surface area contributed by atoms with E-state index in [1.54, 1.807) is 30.3 Å². The van der Waals surface area contributed by atoms with Gasteiger partial charge in [0.05, 0.1) is 0 Å². The minimum atomic E-state index is -0.485. The third kappa shape index (κ3) is 4.06. The molecule has 1 amide bonds. The Morgan fingerprint density at radius 2 is 1.79 bits per heavy atom. The third-order valence-electron chi connectivity index (χ3n) is 4.53. The molecule has 0 bridgehead atoms. The number of fused-ring (bicyclic) bond motifs is 1. The first-order chi connectivity index (χ1) is 14.1. The van der Waals surface area contributed by atoms with Crippen LogP contribution >= 0.6 is 11.6 Å². The van der Waals surface area contributed by atoms with Gasteiger partial charge in [-0.1, -0.05) is 48.0 Å². The number of nitrogens with one attached hydrogen (secondary N) is 1. The first kappa shape index (κ1) is 18.5. The van der Waals surface area contributed by atoms with Crippen molar-refractivity contribution in [2.75, 3.05) is 5.32 Å². The number of nitrogens with zero attached hydrogens (tertiary/aromatic N) is 2. The van der Waals surface area contributed by atoms with E-state index in [0.717, 1.165) is 22.2 Å². The van der Waals surface area contributed by atoms with Gasteiger partial charge in [-0.15, -0.1) is 0 Å². The molecule has 0 unspecified atom stereocenters. The second-order valence-corrected chi connectivity index (χ2v) is 6.91. The SMILES string of the molecule is N#C/C(=C/c1cccn1-c1ccc2ccccc2c1)C(=O)Nc1cccc(Cl)c1. The third-order valence-corrected chi connectivity index (χ3v) is 4.77. The first-order valence-electron chi connectivity index (χ1n) is 8.99. The second kappa shape index (κ2) is 8.05. The van der Waals surface area contributed by atoms with Crippen LogP contribution in [0.3, 0.4) is 0 Å². The zero-order valence-electron chi connectivity index (χ0n) is 15.3. The lowest BCUT2D eigenvalue weighted by molar-refractivity contribution is -0.112. The Labute approximate surface area is 173 Å². The maximum absolute atomic E-state index is 12.5. The Kier molecular flexibility index (Phi) is 5.15. The molecule has 0 saturated carbocycles. The fourth-order valence-corrected chi connectivity index (χ4v) is 3.32. The van der Waals surface area contributed by atoms with Crippen LogP contribution < -0.4 is 5.32 Å². The molecule has 1 aromatic heterocycles. The van der Waals surface area contributed by atoms with Crippen molar-refractivity contribution < 1.29 is 4.79 Å². The van der Waals surface area contributed by atoms with E-state index in [1.807, 2.05) is 47.2 Å². The van der Waals surface area contributed by atoms with Crippen LogP contribution in [0, 0.1) is 11.3 Å². The summed E-state index contributed by atoms with van der Waals surface area (Å²) < 4.78 is 1.94. The highest BCUT2D eigenvalue weighted by Gasteiger charge is 2.12. The highest BCUT2D eigenvalue weighted by Crippen LogP contribution is 2.22. The van der Waals surface area contributed by atoms with E-state index in [0.29, 0.717) is 10.7 Å². The molecule has 1 heterocycles. The molecule has 0 fully saturated rings.